The number of non-ortho nitro benzene ring substituents is 1. The molecule has 0 bridgehead atoms. The molecular formula is C21H14Cl2FN5O5. The third-order valence-corrected chi connectivity index (χ3v) is 5.14. The average molecular weight is 506 g/mol. The van der Waals surface area contributed by atoms with Crippen molar-refractivity contribution in [3.05, 3.63) is 97.9 Å². The third-order valence-electron chi connectivity index (χ3n) is 4.49. The van der Waals surface area contributed by atoms with E-state index in [9.17, 15) is 19.3 Å². The van der Waals surface area contributed by atoms with E-state index in [1.165, 1.54) is 59.5 Å². The molecule has 0 aliphatic carbocycles. The van der Waals surface area contributed by atoms with Gasteiger partial charge in [0.25, 0.3) is 11.6 Å². The second-order valence-electron chi connectivity index (χ2n) is 6.88. The van der Waals surface area contributed by atoms with E-state index >= 15 is 0 Å². The van der Waals surface area contributed by atoms with Gasteiger partial charge in [0.1, 0.15) is 30.3 Å². The number of furan rings is 1. The second-order valence-corrected chi connectivity index (χ2v) is 7.70. The van der Waals surface area contributed by atoms with Crippen molar-refractivity contribution in [1.29, 1.82) is 0 Å². The maximum Gasteiger partial charge on any atom is 0.293 e. The van der Waals surface area contributed by atoms with Gasteiger partial charge in [0.2, 0.25) is 5.95 Å². The van der Waals surface area contributed by atoms with E-state index in [2.05, 4.69) is 15.4 Å². The lowest BCUT2D eigenvalue weighted by atomic mass is 10.2. The minimum Gasteiger partial charge on any atom is -0.484 e. The summed E-state index contributed by atoms with van der Waals surface area (Å²) in [5.41, 5.74) is 0.473. The lowest BCUT2D eigenvalue weighted by molar-refractivity contribution is -0.384. The van der Waals surface area contributed by atoms with Gasteiger partial charge in [-0.05, 0) is 35.9 Å². The molecule has 2 aromatic heterocycles. The van der Waals surface area contributed by atoms with Crippen LogP contribution in [0.4, 0.5) is 16.0 Å². The molecule has 10 nitrogen and oxygen atoms in total. The van der Waals surface area contributed by atoms with Crippen molar-refractivity contribution in [1.82, 2.24) is 14.8 Å². The molecule has 0 atom stereocenters. The number of anilines is 1. The number of rotatable bonds is 8. The summed E-state index contributed by atoms with van der Waals surface area (Å²) < 4.78 is 25.6. The van der Waals surface area contributed by atoms with Crippen molar-refractivity contribution in [2.24, 2.45) is 0 Å². The maximum atomic E-state index is 13.2. The number of hydrogen-bond acceptors (Lipinski definition) is 7. The fraction of sp³-hybridized carbons (Fsp3) is 0.0952. The van der Waals surface area contributed by atoms with E-state index in [0.29, 0.717) is 11.3 Å². The van der Waals surface area contributed by atoms with Crippen LogP contribution in [0.2, 0.25) is 10.0 Å². The number of benzene rings is 2. The zero-order valence-electron chi connectivity index (χ0n) is 17.1. The van der Waals surface area contributed by atoms with Crippen LogP contribution >= 0.6 is 23.2 Å². The van der Waals surface area contributed by atoms with Crippen molar-refractivity contribution in [3.8, 4) is 5.75 Å². The minimum absolute atomic E-state index is 0.00803. The number of hydrogen-bond donors (Lipinski definition) is 1. The van der Waals surface area contributed by atoms with Crippen LogP contribution in [0.25, 0.3) is 0 Å². The maximum absolute atomic E-state index is 13.2. The SMILES string of the molecule is O=C(Nc1ncn(Cc2ccc(F)cc2Cl)n1)c1ccc(COc2ccc([N+](=O)[O-])cc2Cl)o1. The van der Waals surface area contributed by atoms with Gasteiger partial charge in [-0.3, -0.25) is 20.2 Å². The molecule has 0 spiro atoms. The number of carbonyl (C=O) groups excluding carboxylic acids is 1. The topological polar surface area (TPSA) is 125 Å². The number of ether oxygens (including phenoxy) is 1. The zero-order valence-corrected chi connectivity index (χ0v) is 18.6. The Morgan fingerprint density at radius 3 is 2.74 bits per heavy atom. The molecular weight excluding hydrogens is 492 g/mol. The quantitative estimate of drug-likeness (QED) is 0.260. The number of nitrogens with one attached hydrogen (secondary N) is 1. The Kier molecular flexibility index (Phi) is 6.75. The molecule has 0 fully saturated rings. The van der Waals surface area contributed by atoms with Crippen LogP contribution < -0.4 is 10.1 Å². The first kappa shape index (κ1) is 23.2. The van der Waals surface area contributed by atoms with E-state index in [-0.39, 0.29) is 46.3 Å². The number of aromatic nitrogens is 3. The van der Waals surface area contributed by atoms with E-state index in [1.54, 1.807) is 0 Å². The van der Waals surface area contributed by atoms with Crippen LogP contribution in [-0.2, 0) is 13.2 Å². The Hall–Kier alpha value is -3.96. The molecule has 0 radical (unpaired) electrons. The van der Waals surface area contributed by atoms with Crippen LogP contribution in [0.15, 0.2) is 59.3 Å². The highest BCUT2D eigenvalue weighted by molar-refractivity contribution is 6.32. The molecule has 4 aromatic rings. The van der Waals surface area contributed by atoms with Crippen molar-refractivity contribution < 1.29 is 23.3 Å². The summed E-state index contributed by atoms with van der Waals surface area (Å²) in [6, 6.07) is 10.8. The third kappa shape index (κ3) is 5.50. The van der Waals surface area contributed by atoms with Crippen molar-refractivity contribution >= 4 is 40.7 Å². The van der Waals surface area contributed by atoms with E-state index in [4.69, 9.17) is 32.4 Å². The first-order valence-electron chi connectivity index (χ1n) is 9.58. The smallest absolute Gasteiger partial charge is 0.293 e. The van der Waals surface area contributed by atoms with Crippen molar-refractivity contribution in [2.75, 3.05) is 5.32 Å². The summed E-state index contributed by atoms with van der Waals surface area (Å²) in [5, 5.41) is 17.7. The summed E-state index contributed by atoms with van der Waals surface area (Å²) in [5.74, 6) is -0.451. The molecule has 0 saturated carbocycles. The largest absolute Gasteiger partial charge is 0.484 e. The molecule has 34 heavy (non-hydrogen) atoms. The van der Waals surface area contributed by atoms with Gasteiger partial charge in [-0.2, -0.15) is 0 Å². The summed E-state index contributed by atoms with van der Waals surface area (Å²) in [6.45, 7) is 0.172. The average Bonchev–Trinajstić information content (AvgIpc) is 3.44. The Morgan fingerprint density at radius 1 is 1.18 bits per heavy atom. The highest BCUT2D eigenvalue weighted by Crippen LogP contribution is 2.29. The van der Waals surface area contributed by atoms with Crippen molar-refractivity contribution in [2.45, 2.75) is 13.2 Å². The van der Waals surface area contributed by atoms with Gasteiger partial charge < -0.3 is 9.15 Å². The van der Waals surface area contributed by atoms with Gasteiger partial charge in [-0.15, -0.1) is 5.10 Å². The Balaban J connectivity index is 1.34. The van der Waals surface area contributed by atoms with Crippen LogP contribution in [0.5, 0.6) is 5.75 Å². The van der Waals surface area contributed by atoms with Crippen LogP contribution in [0, 0.1) is 15.9 Å². The van der Waals surface area contributed by atoms with Gasteiger partial charge in [-0.25, -0.2) is 14.1 Å². The summed E-state index contributed by atoms with van der Waals surface area (Å²) in [7, 11) is 0. The van der Waals surface area contributed by atoms with Crippen LogP contribution in [-0.4, -0.2) is 25.6 Å². The predicted molar refractivity (Wildman–Crippen MR) is 120 cm³/mol. The molecule has 0 unspecified atom stereocenters. The van der Waals surface area contributed by atoms with Crippen LogP contribution in [0.3, 0.4) is 0 Å². The summed E-state index contributed by atoms with van der Waals surface area (Å²) in [6.07, 6.45) is 1.39. The highest BCUT2D eigenvalue weighted by atomic mass is 35.5. The number of amides is 1. The standard InChI is InChI=1S/C21H14Cl2FN5O5/c22-16-7-13(24)2-1-12(16)9-28-11-25-21(27-28)26-20(30)19-6-4-15(34-19)10-33-18-5-3-14(29(31)32)8-17(18)23/h1-8,11H,9-10H2,(H,26,27,30). The lowest BCUT2D eigenvalue weighted by Crippen LogP contribution is -2.12. The number of nitro benzene ring substituents is 1. The molecule has 2 aromatic carbocycles. The molecule has 0 saturated heterocycles. The molecule has 0 aliphatic heterocycles. The first-order chi connectivity index (χ1) is 16.3. The first-order valence-corrected chi connectivity index (χ1v) is 10.3. The van der Waals surface area contributed by atoms with E-state index in [1.807, 2.05) is 0 Å². The van der Waals surface area contributed by atoms with E-state index < -0.39 is 16.6 Å². The molecule has 4 rings (SSSR count). The number of carbonyl (C=O) groups is 1. The van der Waals surface area contributed by atoms with E-state index in [0.717, 1.165) is 0 Å². The van der Waals surface area contributed by atoms with Crippen molar-refractivity contribution in [3.63, 3.8) is 0 Å². The Morgan fingerprint density at radius 2 is 2.00 bits per heavy atom. The fourth-order valence-electron chi connectivity index (χ4n) is 2.86. The zero-order chi connectivity index (χ0) is 24.2. The number of halogens is 3. The number of nitro groups is 1. The molecule has 1 N–H and O–H groups in total. The van der Waals surface area contributed by atoms with Gasteiger partial charge in [0.05, 0.1) is 16.5 Å². The normalized spacial score (nSPS) is 10.8. The molecule has 13 heteroatoms. The summed E-state index contributed by atoms with van der Waals surface area (Å²) >= 11 is 12.0. The van der Waals surface area contributed by atoms with Gasteiger partial charge in [-0.1, -0.05) is 29.3 Å². The lowest BCUT2D eigenvalue weighted by Gasteiger charge is -2.06. The Labute approximate surface area is 201 Å². The predicted octanol–water partition coefficient (Wildman–Crippen LogP) is 5.10. The molecule has 174 valence electrons. The molecule has 1 amide bonds. The second kappa shape index (κ2) is 9.89. The molecule has 0 aliphatic rings. The van der Waals surface area contributed by atoms with Crippen LogP contribution in [0.1, 0.15) is 21.9 Å². The number of nitrogens with zero attached hydrogens (tertiary/aromatic N) is 4. The van der Waals surface area contributed by atoms with Gasteiger partial charge in [0, 0.05) is 17.2 Å². The van der Waals surface area contributed by atoms with Gasteiger partial charge in [0.15, 0.2) is 5.76 Å². The monoisotopic (exact) mass is 505 g/mol. The Bertz CT molecular complexity index is 1370. The molecule has 2 heterocycles. The van der Waals surface area contributed by atoms with Gasteiger partial charge >= 0.3 is 0 Å². The fourth-order valence-corrected chi connectivity index (χ4v) is 3.32. The minimum atomic E-state index is -0.586. The summed E-state index contributed by atoms with van der Waals surface area (Å²) in [4.78, 5) is 26.7. The highest BCUT2D eigenvalue weighted by Gasteiger charge is 2.16.